The summed E-state index contributed by atoms with van der Waals surface area (Å²) in [5.74, 6) is 5.89. The topological polar surface area (TPSA) is 77.8 Å². The first kappa shape index (κ1) is 23.8. The molecular weight excluding hydrogens is 410 g/mol. The SMILES string of the molecule is CC1CCC(C(=O)N(c2cc(C#CC(C)(C)C)sc2C(=O)O)[C@H]2CC[C@H](O)CC2)CC1. The van der Waals surface area contributed by atoms with Gasteiger partial charge in [0, 0.05) is 17.4 Å². The highest BCUT2D eigenvalue weighted by Gasteiger charge is 2.37. The minimum absolute atomic E-state index is 0.0453. The Kier molecular flexibility index (Phi) is 7.49. The highest BCUT2D eigenvalue weighted by Crippen LogP contribution is 2.38. The number of thiophene rings is 1. The molecule has 0 unspecified atom stereocenters. The zero-order valence-corrected chi connectivity index (χ0v) is 19.9. The molecule has 6 heteroatoms. The van der Waals surface area contributed by atoms with Crippen LogP contribution in [0.25, 0.3) is 0 Å². The lowest BCUT2D eigenvalue weighted by Gasteiger charge is -2.38. The third-order valence-electron chi connectivity index (χ3n) is 6.36. The summed E-state index contributed by atoms with van der Waals surface area (Å²) < 4.78 is 0. The van der Waals surface area contributed by atoms with Gasteiger partial charge in [0.15, 0.2) is 0 Å². The van der Waals surface area contributed by atoms with Gasteiger partial charge in [-0.15, -0.1) is 11.3 Å². The molecule has 2 N–H and O–H groups in total. The summed E-state index contributed by atoms with van der Waals surface area (Å²) in [5.41, 5.74) is 0.294. The lowest BCUT2D eigenvalue weighted by molar-refractivity contribution is -0.124. The van der Waals surface area contributed by atoms with Gasteiger partial charge in [-0.1, -0.05) is 18.8 Å². The van der Waals surface area contributed by atoms with Gasteiger partial charge in [-0.2, -0.15) is 0 Å². The Morgan fingerprint density at radius 2 is 1.68 bits per heavy atom. The number of carboxylic acid groups (broad SMARTS) is 1. The monoisotopic (exact) mass is 445 g/mol. The molecule has 170 valence electrons. The molecule has 0 aliphatic heterocycles. The minimum atomic E-state index is -1.02. The maximum Gasteiger partial charge on any atom is 0.348 e. The van der Waals surface area contributed by atoms with Gasteiger partial charge in [-0.05, 0) is 84.1 Å². The van der Waals surface area contributed by atoms with Crippen molar-refractivity contribution < 1.29 is 19.8 Å². The van der Waals surface area contributed by atoms with Crippen molar-refractivity contribution in [3.63, 3.8) is 0 Å². The third-order valence-corrected chi connectivity index (χ3v) is 7.39. The minimum Gasteiger partial charge on any atom is -0.477 e. The quantitative estimate of drug-likeness (QED) is 0.616. The number of hydrogen-bond acceptors (Lipinski definition) is 4. The van der Waals surface area contributed by atoms with E-state index in [0.29, 0.717) is 42.2 Å². The van der Waals surface area contributed by atoms with Crippen LogP contribution in [0.3, 0.4) is 0 Å². The van der Waals surface area contributed by atoms with E-state index in [4.69, 9.17) is 0 Å². The van der Waals surface area contributed by atoms with E-state index in [0.717, 1.165) is 37.0 Å². The average Bonchev–Trinajstić information content (AvgIpc) is 3.12. The zero-order chi connectivity index (χ0) is 22.8. The molecular formula is C25H35NO4S. The van der Waals surface area contributed by atoms with E-state index >= 15 is 0 Å². The highest BCUT2D eigenvalue weighted by molar-refractivity contribution is 7.15. The molecule has 2 aliphatic carbocycles. The molecule has 0 radical (unpaired) electrons. The van der Waals surface area contributed by atoms with E-state index in [-0.39, 0.29) is 34.3 Å². The van der Waals surface area contributed by atoms with E-state index < -0.39 is 5.97 Å². The van der Waals surface area contributed by atoms with Crippen molar-refractivity contribution >= 4 is 28.9 Å². The smallest absolute Gasteiger partial charge is 0.348 e. The van der Waals surface area contributed by atoms with Crippen molar-refractivity contribution in [1.29, 1.82) is 0 Å². The first-order valence-electron chi connectivity index (χ1n) is 11.5. The number of anilines is 1. The second-order valence-corrected chi connectivity index (χ2v) is 11.3. The Labute approximate surface area is 189 Å². The lowest BCUT2D eigenvalue weighted by atomic mass is 9.81. The van der Waals surface area contributed by atoms with Gasteiger partial charge < -0.3 is 15.1 Å². The van der Waals surface area contributed by atoms with E-state index in [1.54, 1.807) is 11.0 Å². The lowest BCUT2D eigenvalue weighted by Crippen LogP contribution is -2.47. The number of aliphatic hydroxyl groups is 1. The number of aromatic carboxylic acids is 1. The molecule has 2 aliphatic rings. The number of rotatable bonds is 4. The molecule has 1 heterocycles. The van der Waals surface area contributed by atoms with Crippen LogP contribution in [0.1, 0.15) is 93.6 Å². The maximum absolute atomic E-state index is 13.7. The van der Waals surface area contributed by atoms with E-state index in [1.165, 1.54) is 0 Å². The average molecular weight is 446 g/mol. The largest absolute Gasteiger partial charge is 0.477 e. The van der Waals surface area contributed by atoms with Crippen LogP contribution in [-0.2, 0) is 4.79 Å². The number of hydrogen-bond donors (Lipinski definition) is 2. The van der Waals surface area contributed by atoms with Crippen LogP contribution in [0.15, 0.2) is 6.07 Å². The first-order chi connectivity index (χ1) is 14.5. The summed E-state index contributed by atoms with van der Waals surface area (Å²) in [6, 6.07) is 1.72. The molecule has 0 spiro atoms. The summed E-state index contributed by atoms with van der Waals surface area (Å²) in [6.07, 6.45) is 6.10. The van der Waals surface area contributed by atoms with Crippen molar-refractivity contribution in [3.8, 4) is 11.8 Å². The third kappa shape index (κ3) is 6.11. The summed E-state index contributed by atoms with van der Waals surface area (Å²) in [6.45, 7) is 8.27. The zero-order valence-electron chi connectivity index (χ0n) is 19.1. The van der Waals surface area contributed by atoms with Crippen molar-refractivity contribution in [1.82, 2.24) is 0 Å². The van der Waals surface area contributed by atoms with Crippen LogP contribution >= 0.6 is 11.3 Å². The van der Waals surface area contributed by atoms with Crippen LogP contribution in [0.4, 0.5) is 5.69 Å². The van der Waals surface area contributed by atoms with E-state index in [1.807, 2.05) is 20.8 Å². The Hall–Kier alpha value is -1.84. The predicted octanol–water partition coefficient (Wildman–Crippen LogP) is 5.31. The van der Waals surface area contributed by atoms with Gasteiger partial charge in [0.1, 0.15) is 4.88 Å². The Balaban J connectivity index is 1.99. The van der Waals surface area contributed by atoms with Gasteiger partial charge >= 0.3 is 5.97 Å². The Morgan fingerprint density at radius 1 is 1.06 bits per heavy atom. The molecule has 0 saturated heterocycles. The van der Waals surface area contributed by atoms with Crippen LogP contribution in [-0.4, -0.2) is 34.2 Å². The van der Waals surface area contributed by atoms with Gasteiger partial charge in [0.25, 0.3) is 0 Å². The second kappa shape index (κ2) is 9.75. The fourth-order valence-electron chi connectivity index (χ4n) is 4.54. The molecule has 0 bridgehead atoms. The number of nitrogens with zero attached hydrogens (tertiary/aromatic N) is 1. The standard InChI is InChI=1S/C25H35NO4S/c1-16-5-7-17(8-6-16)23(28)26(18-9-11-19(27)12-10-18)21-15-20(13-14-25(2,3)4)31-22(21)24(29)30/h15-19,27H,5-12H2,1-4H3,(H,29,30)/t16?,17?,18-,19-. The summed E-state index contributed by atoms with van der Waals surface area (Å²) in [4.78, 5) is 28.5. The molecule has 31 heavy (non-hydrogen) atoms. The molecule has 0 aromatic carbocycles. The molecule has 1 aromatic heterocycles. The molecule has 0 atom stereocenters. The highest BCUT2D eigenvalue weighted by atomic mass is 32.1. The van der Waals surface area contributed by atoms with Gasteiger partial charge in [-0.25, -0.2) is 4.79 Å². The van der Waals surface area contributed by atoms with Crippen LogP contribution in [0.5, 0.6) is 0 Å². The molecule has 2 fully saturated rings. The summed E-state index contributed by atoms with van der Waals surface area (Å²) >= 11 is 1.15. The first-order valence-corrected chi connectivity index (χ1v) is 12.3. The maximum atomic E-state index is 13.7. The number of amides is 1. The molecule has 1 amide bonds. The fraction of sp³-hybridized carbons (Fsp3) is 0.680. The Morgan fingerprint density at radius 3 is 2.23 bits per heavy atom. The fourth-order valence-corrected chi connectivity index (χ4v) is 5.38. The number of carbonyl (C=O) groups excluding carboxylic acids is 1. The molecule has 3 rings (SSSR count). The van der Waals surface area contributed by atoms with Crippen molar-refractivity contribution in [2.45, 2.75) is 91.2 Å². The van der Waals surface area contributed by atoms with E-state index in [9.17, 15) is 19.8 Å². The molecule has 2 saturated carbocycles. The van der Waals surface area contributed by atoms with Gasteiger partial charge in [0.2, 0.25) is 5.91 Å². The van der Waals surface area contributed by atoms with Crippen molar-refractivity contribution in [3.05, 3.63) is 15.8 Å². The number of carboxylic acids is 1. The Bertz CT molecular complexity index is 856. The second-order valence-electron chi connectivity index (χ2n) is 10.3. The van der Waals surface area contributed by atoms with Gasteiger partial charge in [-0.3, -0.25) is 4.79 Å². The van der Waals surface area contributed by atoms with Crippen molar-refractivity contribution in [2.75, 3.05) is 4.90 Å². The molecule has 5 nitrogen and oxygen atoms in total. The van der Waals surface area contributed by atoms with Crippen LogP contribution < -0.4 is 4.90 Å². The van der Waals surface area contributed by atoms with Crippen LogP contribution in [0.2, 0.25) is 0 Å². The predicted molar refractivity (Wildman–Crippen MR) is 124 cm³/mol. The van der Waals surface area contributed by atoms with E-state index in [2.05, 4.69) is 18.8 Å². The number of carbonyl (C=O) groups is 2. The number of aliphatic hydroxyl groups excluding tert-OH is 1. The van der Waals surface area contributed by atoms with Crippen LogP contribution in [0, 0.1) is 29.1 Å². The summed E-state index contributed by atoms with van der Waals surface area (Å²) in [7, 11) is 0. The normalized spacial score (nSPS) is 26.6. The van der Waals surface area contributed by atoms with Gasteiger partial charge in [0.05, 0.1) is 16.7 Å². The molecule has 1 aromatic rings. The van der Waals surface area contributed by atoms with Crippen molar-refractivity contribution in [2.24, 2.45) is 17.3 Å². The summed E-state index contributed by atoms with van der Waals surface area (Å²) in [5, 5.41) is 19.9.